The topological polar surface area (TPSA) is 59.4 Å². The first-order chi connectivity index (χ1) is 9.69. The third kappa shape index (κ3) is 4.23. The fourth-order valence-electron chi connectivity index (χ4n) is 2.43. The number of ether oxygens (including phenoxy) is 1. The number of carbonyl (C=O) groups is 1. The van der Waals surface area contributed by atoms with Crippen molar-refractivity contribution in [1.82, 2.24) is 20.0 Å². The van der Waals surface area contributed by atoms with Crippen LogP contribution in [0.4, 0.5) is 4.79 Å². The molecule has 1 saturated heterocycles. The van der Waals surface area contributed by atoms with Crippen molar-refractivity contribution in [3.05, 3.63) is 18.5 Å². The Hall–Kier alpha value is -1.56. The van der Waals surface area contributed by atoms with Crippen LogP contribution in [0.2, 0.25) is 0 Å². The molecular weight excluding hydrogens is 256 g/mol. The van der Waals surface area contributed by atoms with Crippen LogP contribution in [0.3, 0.4) is 0 Å². The normalized spacial score (nSPS) is 19.8. The Morgan fingerprint density at radius 1 is 1.65 bits per heavy atom. The second kappa shape index (κ2) is 7.28. The summed E-state index contributed by atoms with van der Waals surface area (Å²) in [6.07, 6.45) is 4.69. The molecule has 2 heterocycles. The van der Waals surface area contributed by atoms with Gasteiger partial charge in [-0.15, -0.1) is 0 Å². The minimum atomic E-state index is -0.000874. The van der Waals surface area contributed by atoms with Crippen LogP contribution in [0.1, 0.15) is 20.3 Å². The second-order valence-electron chi connectivity index (χ2n) is 5.35. The van der Waals surface area contributed by atoms with Crippen LogP contribution in [0.25, 0.3) is 0 Å². The van der Waals surface area contributed by atoms with Crippen molar-refractivity contribution in [1.29, 1.82) is 0 Å². The smallest absolute Gasteiger partial charge is 0.317 e. The van der Waals surface area contributed by atoms with Crippen molar-refractivity contribution in [2.45, 2.75) is 32.9 Å². The van der Waals surface area contributed by atoms with Crippen LogP contribution < -0.4 is 5.32 Å². The van der Waals surface area contributed by atoms with Crippen molar-refractivity contribution >= 4 is 6.03 Å². The molecule has 0 aliphatic carbocycles. The Bertz CT molecular complexity index is 401. The van der Waals surface area contributed by atoms with E-state index >= 15 is 0 Å². The van der Waals surface area contributed by atoms with Gasteiger partial charge in [-0.1, -0.05) is 0 Å². The SMILES string of the molecule is CCN(C[C@@H]1CCOC1)C(=O)N[C@@H](C)Cn1cccn1. The van der Waals surface area contributed by atoms with Gasteiger partial charge in [-0.05, 0) is 26.3 Å². The van der Waals surface area contributed by atoms with Gasteiger partial charge in [0.15, 0.2) is 0 Å². The monoisotopic (exact) mass is 280 g/mol. The van der Waals surface area contributed by atoms with E-state index in [1.54, 1.807) is 6.20 Å². The summed E-state index contributed by atoms with van der Waals surface area (Å²) in [5.41, 5.74) is 0. The Balaban J connectivity index is 1.78. The molecule has 0 unspecified atom stereocenters. The van der Waals surface area contributed by atoms with Crippen molar-refractivity contribution in [2.24, 2.45) is 5.92 Å². The molecule has 20 heavy (non-hydrogen) atoms. The highest BCUT2D eigenvalue weighted by atomic mass is 16.5. The summed E-state index contributed by atoms with van der Waals surface area (Å²) in [5, 5.41) is 7.18. The molecule has 112 valence electrons. The van der Waals surface area contributed by atoms with Crippen LogP contribution in [-0.2, 0) is 11.3 Å². The number of carbonyl (C=O) groups excluding carboxylic acids is 1. The summed E-state index contributed by atoms with van der Waals surface area (Å²) in [4.78, 5) is 14.1. The number of rotatable bonds is 6. The Morgan fingerprint density at radius 2 is 2.50 bits per heavy atom. The molecule has 1 N–H and O–H groups in total. The van der Waals surface area contributed by atoms with E-state index in [4.69, 9.17) is 4.74 Å². The highest BCUT2D eigenvalue weighted by Gasteiger charge is 2.22. The van der Waals surface area contributed by atoms with E-state index in [-0.39, 0.29) is 12.1 Å². The average molecular weight is 280 g/mol. The van der Waals surface area contributed by atoms with Gasteiger partial charge < -0.3 is 15.0 Å². The minimum absolute atomic E-state index is 0.000874. The molecule has 1 aromatic heterocycles. The van der Waals surface area contributed by atoms with E-state index in [1.165, 1.54) is 0 Å². The number of aromatic nitrogens is 2. The first-order valence-electron chi connectivity index (χ1n) is 7.29. The molecule has 2 atom stereocenters. The van der Waals surface area contributed by atoms with Gasteiger partial charge in [-0.2, -0.15) is 5.10 Å². The number of urea groups is 1. The van der Waals surface area contributed by atoms with Crippen LogP contribution in [0.5, 0.6) is 0 Å². The molecule has 0 radical (unpaired) electrons. The van der Waals surface area contributed by atoms with E-state index in [1.807, 2.05) is 35.7 Å². The predicted molar refractivity (Wildman–Crippen MR) is 76.4 cm³/mol. The molecule has 6 nitrogen and oxygen atoms in total. The van der Waals surface area contributed by atoms with Gasteiger partial charge >= 0.3 is 6.03 Å². The fourth-order valence-corrected chi connectivity index (χ4v) is 2.43. The summed E-state index contributed by atoms with van der Waals surface area (Å²) >= 11 is 0. The lowest BCUT2D eigenvalue weighted by atomic mass is 10.1. The maximum absolute atomic E-state index is 12.2. The Morgan fingerprint density at radius 3 is 3.10 bits per heavy atom. The lowest BCUT2D eigenvalue weighted by molar-refractivity contribution is 0.164. The molecule has 2 amide bonds. The second-order valence-corrected chi connectivity index (χ2v) is 5.35. The molecule has 6 heteroatoms. The van der Waals surface area contributed by atoms with E-state index < -0.39 is 0 Å². The van der Waals surface area contributed by atoms with Gasteiger partial charge in [0, 0.05) is 44.0 Å². The van der Waals surface area contributed by atoms with Gasteiger partial charge in [0.1, 0.15) is 0 Å². The minimum Gasteiger partial charge on any atom is -0.381 e. The summed E-state index contributed by atoms with van der Waals surface area (Å²) in [6.45, 7) is 7.77. The van der Waals surface area contributed by atoms with E-state index in [2.05, 4.69) is 10.4 Å². The quantitative estimate of drug-likeness (QED) is 0.855. The summed E-state index contributed by atoms with van der Waals surface area (Å²) in [5.74, 6) is 0.474. The summed E-state index contributed by atoms with van der Waals surface area (Å²) < 4.78 is 7.19. The molecule has 2 rings (SSSR count). The zero-order valence-electron chi connectivity index (χ0n) is 12.3. The molecule has 1 aromatic rings. The molecule has 0 saturated carbocycles. The largest absolute Gasteiger partial charge is 0.381 e. The standard InChI is InChI=1S/C14H24N4O2/c1-3-17(10-13-5-8-20-11-13)14(19)16-12(2)9-18-7-4-6-15-18/h4,6-7,12-13H,3,5,8-11H2,1-2H3,(H,16,19)/t12-,13-/m0/s1. The van der Waals surface area contributed by atoms with Gasteiger partial charge in [0.05, 0.1) is 13.2 Å². The number of nitrogens with zero attached hydrogens (tertiary/aromatic N) is 3. The Kier molecular flexibility index (Phi) is 5.40. The third-order valence-corrected chi connectivity index (χ3v) is 3.56. The molecule has 1 aliphatic heterocycles. The highest BCUT2D eigenvalue weighted by Crippen LogP contribution is 2.13. The number of hydrogen-bond donors (Lipinski definition) is 1. The molecule has 0 spiro atoms. The first-order valence-corrected chi connectivity index (χ1v) is 7.29. The Labute approximate surface area is 120 Å². The lowest BCUT2D eigenvalue weighted by Gasteiger charge is -2.26. The molecular formula is C14H24N4O2. The zero-order chi connectivity index (χ0) is 14.4. The van der Waals surface area contributed by atoms with Crippen LogP contribution in [0, 0.1) is 5.92 Å². The first kappa shape index (κ1) is 14.8. The maximum atomic E-state index is 12.2. The lowest BCUT2D eigenvalue weighted by Crippen LogP contribution is -2.46. The fraction of sp³-hybridized carbons (Fsp3) is 0.714. The van der Waals surface area contributed by atoms with Crippen molar-refractivity contribution in [2.75, 3.05) is 26.3 Å². The summed E-state index contributed by atoms with van der Waals surface area (Å²) in [7, 11) is 0. The van der Waals surface area contributed by atoms with Gasteiger partial charge in [-0.25, -0.2) is 4.79 Å². The van der Waals surface area contributed by atoms with Gasteiger partial charge in [-0.3, -0.25) is 4.68 Å². The molecule has 0 bridgehead atoms. The average Bonchev–Trinajstić information content (AvgIpc) is 3.08. The van der Waals surface area contributed by atoms with Crippen molar-refractivity contribution in [3.8, 4) is 0 Å². The number of amides is 2. The number of nitrogens with one attached hydrogen (secondary N) is 1. The van der Waals surface area contributed by atoms with Gasteiger partial charge in [0.25, 0.3) is 0 Å². The molecule has 0 aromatic carbocycles. The van der Waals surface area contributed by atoms with E-state index in [0.717, 1.165) is 32.7 Å². The molecule has 1 fully saturated rings. The van der Waals surface area contributed by atoms with E-state index in [9.17, 15) is 4.79 Å². The maximum Gasteiger partial charge on any atom is 0.317 e. The highest BCUT2D eigenvalue weighted by molar-refractivity contribution is 5.74. The zero-order valence-corrected chi connectivity index (χ0v) is 12.3. The van der Waals surface area contributed by atoms with Crippen molar-refractivity contribution < 1.29 is 9.53 Å². The number of hydrogen-bond acceptors (Lipinski definition) is 3. The third-order valence-electron chi connectivity index (χ3n) is 3.56. The van der Waals surface area contributed by atoms with Crippen LogP contribution in [-0.4, -0.2) is 53.1 Å². The van der Waals surface area contributed by atoms with Crippen LogP contribution >= 0.6 is 0 Å². The predicted octanol–water partition coefficient (Wildman–Crippen LogP) is 1.34. The van der Waals surface area contributed by atoms with Gasteiger partial charge in [0.2, 0.25) is 0 Å². The van der Waals surface area contributed by atoms with E-state index in [0.29, 0.717) is 12.5 Å². The summed E-state index contributed by atoms with van der Waals surface area (Å²) in [6, 6.07) is 1.93. The molecule has 1 aliphatic rings. The van der Waals surface area contributed by atoms with Crippen LogP contribution in [0.15, 0.2) is 18.5 Å². The van der Waals surface area contributed by atoms with Crippen molar-refractivity contribution in [3.63, 3.8) is 0 Å².